The highest BCUT2D eigenvalue weighted by Crippen LogP contribution is 2.23. The third-order valence-electron chi connectivity index (χ3n) is 3.92. The lowest BCUT2D eigenvalue weighted by Gasteiger charge is -2.35. The fourth-order valence-electron chi connectivity index (χ4n) is 2.91. The molecule has 0 radical (unpaired) electrons. The molecule has 2 aliphatic heterocycles. The molecule has 0 amide bonds. The molecule has 1 N–H and O–H groups in total. The van der Waals surface area contributed by atoms with E-state index in [2.05, 4.69) is 21.4 Å². The number of hydrogen-bond acceptors (Lipinski definition) is 3. The van der Waals surface area contributed by atoms with Crippen LogP contribution in [0.1, 0.15) is 18.5 Å². The number of nitrogens with zero attached hydrogens (tertiary/aromatic N) is 2. The SMILES string of the molecule is Cc1c[nH]c(=S)n1CC1CN2CCCC2CO1. The van der Waals surface area contributed by atoms with Crippen molar-refractivity contribution in [1.29, 1.82) is 0 Å². The van der Waals surface area contributed by atoms with Gasteiger partial charge in [-0.25, -0.2) is 0 Å². The average Bonchev–Trinajstić information content (AvgIpc) is 2.90. The molecule has 0 spiro atoms. The summed E-state index contributed by atoms with van der Waals surface area (Å²) < 4.78 is 8.89. The van der Waals surface area contributed by atoms with Crippen LogP contribution in [0.5, 0.6) is 0 Å². The van der Waals surface area contributed by atoms with Crippen molar-refractivity contribution in [3.63, 3.8) is 0 Å². The number of rotatable bonds is 2. The molecule has 3 rings (SSSR count). The van der Waals surface area contributed by atoms with Gasteiger partial charge in [0.25, 0.3) is 0 Å². The number of H-pyrrole nitrogens is 1. The summed E-state index contributed by atoms with van der Waals surface area (Å²) in [5, 5.41) is 0. The van der Waals surface area contributed by atoms with Gasteiger partial charge >= 0.3 is 0 Å². The largest absolute Gasteiger partial charge is 0.373 e. The van der Waals surface area contributed by atoms with Crippen LogP contribution in [0.3, 0.4) is 0 Å². The van der Waals surface area contributed by atoms with Gasteiger partial charge in [0.15, 0.2) is 4.77 Å². The summed E-state index contributed by atoms with van der Waals surface area (Å²) >= 11 is 5.27. The van der Waals surface area contributed by atoms with Crippen LogP contribution in [-0.4, -0.2) is 46.3 Å². The van der Waals surface area contributed by atoms with Crippen molar-refractivity contribution in [2.45, 2.75) is 38.5 Å². The Morgan fingerprint density at radius 2 is 2.47 bits per heavy atom. The van der Waals surface area contributed by atoms with Gasteiger partial charge in [0.05, 0.1) is 19.3 Å². The maximum Gasteiger partial charge on any atom is 0.177 e. The van der Waals surface area contributed by atoms with Crippen LogP contribution in [0, 0.1) is 11.7 Å². The number of nitrogens with one attached hydrogen (secondary N) is 1. The van der Waals surface area contributed by atoms with Gasteiger partial charge in [-0.2, -0.15) is 0 Å². The quantitative estimate of drug-likeness (QED) is 0.815. The zero-order chi connectivity index (χ0) is 11.8. The zero-order valence-corrected chi connectivity index (χ0v) is 11.0. The second-order valence-corrected chi connectivity index (χ2v) is 5.48. The molecule has 5 heteroatoms. The smallest absolute Gasteiger partial charge is 0.177 e. The van der Waals surface area contributed by atoms with E-state index in [4.69, 9.17) is 17.0 Å². The Bertz CT molecular complexity index is 453. The Labute approximate surface area is 107 Å². The fourth-order valence-corrected chi connectivity index (χ4v) is 3.19. The number of imidazole rings is 1. The van der Waals surface area contributed by atoms with Crippen molar-refractivity contribution in [1.82, 2.24) is 14.5 Å². The lowest BCUT2D eigenvalue weighted by Crippen LogP contribution is -2.47. The van der Waals surface area contributed by atoms with Gasteiger partial charge in [-0.1, -0.05) is 0 Å². The van der Waals surface area contributed by atoms with Crippen molar-refractivity contribution < 1.29 is 4.74 Å². The molecule has 0 aromatic carbocycles. The van der Waals surface area contributed by atoms with E-state index in [1.807, 2.05) is 6.20 Å². The molecule has 0 bridgehead atoms. The van der Waals surface area contributed by atoms with Gasteiger partial charge in [-0.05, 0) is 38.5 Å². The van der Waals surface area contributed by atoms with E-state index in [9.17, 15) is 0 Å². The van der Waals surface area contributed by atoms with Crippen LogP contribution in [0.4, 0.5) is 0 Å². The van der Waals surface area contributed by atoms with Crippen molar-refractivity contribution in [3.8, 4) is 0 Å². The fraction of sp³-hybridized carbons (Fsp3) is 0.750. The minimum atomic E-state index is 0.283. The first-order chi connectivity index (χ1) is 8.24. The average molecular weight is 253 g/mol. The van der Waals surface area contributed by atoms with Gasteiger partial charge in [-0.15, -0.1) is 0 Å². The van der Waals surface area contributed by atoms with E-state index in [0.29, 0.717) is 6.04 Å². The minimum Gasteiger partial charge on any atom is -0.373 e. The van der Waals surface area contributed by atoms with Crippen LogP contribution in [0.25, 0.3) is 0 Å². The molecule has 4 nitrogen and oxygen atoms in total. The molecule has 2 aliphatic rings. The van der Waals surface area contributed by atoms with Crippen molar-refractivity contribution in [2.24, 2.45) is 0 Å². The molecule has 2 saturated heterocycles. The van der Waals surface area contributed by atoms with Crippen LogP contribution in [0.2, 0.25) is 0 Å². The molecule has 2 fully saturated rings. The normalized spacial score (nSPS) is 29.5. The first-order valence-electron chi connectivity index (χ1n) is 6.34. The summed E-state index contributed by atoms with van der Waals surface area (Å²) in [6.45, 7) is 6.13. The Morgan fingerprint density at radius 1 is 1.59 bits per heavy atom. The van der Waals surface area contributed by atoms with Gasteiger partial charge < -0.3 is 14.3 Å². The molecule has 94 valence electrons. The van der Waals surface area contributed by atoms with Gasteiger partial charge in [-0.3, -0.25) is 4.90 Å². The number of ether oxygens (including phenoxy) is 1. The molecule has 0 aliphatic carbocycles. The topological polar surface area (TPSA) is 33.2 Å². The highest BCUT2D eigenvalue weighted by Gasteiger charge is 2.32. The highest BCUT2D eigenvalue weighted by atomic mass is 32.1. The predicted molar refractivity (Wildman–Crippen MR) is 68.7 cm³/mol. The Kier molecular flexibility index (Phi) is 3.06. The van der Waals surface area contributed by atoms with Gasteiger partial charge in [0.2, 0.25) is 0 Å². The van der Waals surface area contributed by atoms with Gasteiger partial charge in [0.1, 0.15) is 0 Å². The van der Waals surface area contributed by atoms with Crippen LogP contribution in [0.15, 0.2) is 6.20 Å². The van der Waals surface area contributed by atoms with E-state index >= 15 is 0 Å². The number of aromatic amines is 1. The van der Waals surface area contributed by atoms with Gasteiger partial charge in [0, 0.05) is 24.5 Å². The van der Waals surface area contributed by atoms with Crippen molar-refractivity contribution >= 4 is 12.2 Å². The molecule has 1 aromatic rings. The summed E-state index contributed by atoms with van der Waals surface area (Å²) in [7, 11) is 0. The maximum atomic E-state index is 5.95. The molecular formula is C12H19N3OS. The number of fused-ring (bicyclic) bond motifs is 1. The summed E-state index contributed by atoms with van der Waals surface area (Å²) in [5.74, 6) is 0. The third kappa shape index (κ3) is 2.19. The number of hydrogen-bond donors (Lipinski definition) is 1. The molecule has 3 heterocycles. The zero-order valence-electron chi connectivity index (χ0n) is 10.2. The predicted octanol–water partition coefficient (Wildman–Crippen LogP) is 1.72. The molecular weight excluding hydrogens is 234 g/mol. The van der Waals surface area contributed by atoms with E-state index in [1.165, 1.54) is 25.1 Å². The second-order valence-electron chi connectivity index (χ2n) is 5.09. The van der Waals surface area contributed by atoms with E-state index in [0.717, 1.165) is 24.5 Å². The monoisotopic (exact) mass is 253 g/mol. The van der Waals surface area contributed by atoms with E-state index in [1.54, 1.807) is 0 Å². The minimum absolute atomic E-state index is 0.283. The molecule has 2 unspecified atom stereocenters. The summed E-state index contributed by atoms with van der Waals surface area (Å²) in [6.07, 6.45) is 4.87. The number of aryl methyl sites for hydroxylation is 1. The van der Waals surface area contributed by atoms with Crippen LogP contribution >= 0.6 is 12.2 Å². The standard InChI is InChI=1S/C12H19N3OS/c1-9-5-13-12(17)15(9)7-11-6-14-4-2-3-10(14)8-16-11/h5,10-11H,2-4,6-8H2,1H3,(H,13,17). The number of aromatic nitrogens is 2. The van der Waals surface area contributed by atoms with E-state index in [-0.39, 0.29) is 6.10 Å². The Balaban J connectivity index is 1.68. The van der Waals surface area contributed by atoms with Crippen molar-refractivity contribution in [3.05, 3.63) is 16.7 Å². The van der Waals surface area contributed by atoms with Crippen LogP contribution in [-0.2, 0) is 11.3 Å². The molecule has 1 aromatic heterocycles. The van der Waals surface area contributed by atoms with E-state index < -0.39 is 0 Å². The lowest BCUT2D eigenvalue weighted by atomic mass is 10.2. The summed E-state index contributed by atoms with van der Waals surface area (Å²) in [6, 6.07) is 0.673. The molecule has 2 atom stereocenters. The second kappa shape index (κ2) is 4.55. The third-order valence-corrected chi connectivity index (χ3v) is 4.26. The lowest BCUT2D eigenvalue weighted by molar-refractivity contribution is -0.0554. The first kappa shape index (κ1) is 11.4. The molecule has 0 saturated carbocycles. The highest BCUT2D eigenvalue weighted by molar-refractivity contribution is 7.71. The van der Waals surface area contributed by atoms with Crippen LogP contribution < -0.4 is 0 Å². The first-order valence-corrected chi connectivity index (χ1v) is 6.75. The maximum absolute atomic E-state index is 5.95. The number of morpholine rings is 1. The Morgan fingerprint density at radius 3 is 3.24 bits per heavy atom. The van der Waals surface area contributed by atoms with Crippen molar-refractivity contribution in [2.75, 3.05) is 19.7 Å². The molecule has 17 heavy (non-hydrogen) atoms. The summed E-state index contributed by atoms with van der Waals surface area (Å²) in [5.41, 5.74) is 1.18. The summed E-state index contributed by atoms with van der Waals surface area (Å²) in [4.78, 5) is 5.65. The Hall–Kier alpha value is -0.650.